The molecule has 1 aliphatic rings. The third-order valence-electron chi connectivity index (χ3n) is 3.18. The predicted molar refractivity (Wildman–Crippen MR) is 52.3 cm³/mol. The predicted octanol–water partition coefficient (Wildman–Crippen LogP) is 2.62. The number of esters is 1. The van der Waals surface area contributed by atoms with Crippen LogP contribution in [0.2, 0.25) is 0 Å². The molecule has 1 rings (SSSR count). The summed E-state index contributed by atoms with van der Waals surface area (Å²) in [4.78, 5) is 11.2. The molecule has 0 unspecified atom stereocenters. The van der Waals surface area contributed by atoms with Crippen LogP contribution in [0.25, 0.3) is 0 Å². The second kappa shape index (κ2) is 4.64. The number of unbranched alkanes of at least 4 members (excludes halogenated alkanes) is 2. The van der Waals surface area contributed by atoms with Gasteiger partial charge >= 0.3 is 5.97 Å². The molecular weight excluding hydrogens is 164 g/mol. The van der Waals surface area contributed by atoms with Crippen molar-refractivity contribution in [1.29, 1.82) is 0 Å². The molecule has 0 radical (unpaired) electrons. The first kappa shape index (κ1) is 10.6. The van der Waals surface area contributed by atoms with E-state index in [1.54, 1.807) is 0 Å². The van der Waals surface area contributed by atoms with Gasteiger partial charge in [0.05, 0.1) is 13.0 Å². The average Bonchev–Trinajstić information content (AvgIpc) is 2.76. The molecule has 13 heavy (non-hydrogen) atoms. The van der Waals surface area contributed by atoms with Gasteiger partial charge in [-0.1, -0.05) is 33.1 Å². The Balaban J connectivity index is 2.20. The van der Waals surface area contributed by atoms with Gasteiger partial charge in [-0.2, -0.15) is 0 Å². The summed E-state index contributed by atoms with van der Waals surface area (Å²) in [7, 11) is 1.48. The Labute approximate surface area is 80.7 Å². The zero-order valence-electron chi connectivity index (χ0n) is 8.88. The lowest BCUT2D eigenvalue weighted by atomic mass is 10.1. The number of carbonyl (C=O) groups excluding carboxylic acids is 1. The molecule has 1 saturated carbocycles. The summed E-state index contributed by atoms with van der Waals surface area (Å²) in [6.45, 7) is 4.35. The molecule has 0 aliphatic heterocycles. The van der Waals surface area contributed by atoms with E-state index in [0.29, 0.717) is 11.8 Å². The third kappa shape index (κ3) is 2.45. The Morgan fingerprint density at radius 3 is 2.62 bits per heavy atom. The highest BCUT2D eigenvalue weighted by Crippen LogP contribution is 2.49. The van der Waals surface area contributed by atoms with Gasteiger partial charge < -0.3 is 4.74 Å². The summed E-state index contributed by atoms with van der Waals surface area (Å²) in [5.41, 5.74) is 0. The highest BCUT2D eigenvalue weighted by molar-refractivity contribution is 5.76. The van der Waals surface area contributed by atoms with Crippen LogP contribution in [-0.4, -0.2) is 13.1 Å². The molecular formula is C11H20O2. The Morgan fingerprint density at radius 1 is 1.38 bits per heavy atom. The number of ether oxygens (including phenoxy) is 1. The van der Waals surface area contributed by atoms with E-state index in [-0.39, 0.29) is 11.9 Å². The van der Waals surface area contributed by atoms with Gasteiger partial charge in [0.1, 0.15) is 0 Å². The van der Waals surface area contributed by atoms with Crippen molar-refractivity contribution in [2.45, 2.75) is 39.5 Å². The monoisotopic (exact) mass is 184 g/mol. The standard InChI is InChI=1S/C11H20O2/c1-4-5-6-7-9-8(2)10(9)11(12)13-3/h8-10H,4-7H2,1-3H3/t8-,9+,10+/m0/s1. The van der Waals surface area contributed by atoms with Crippen LogP contribution in [-0.2, 0) is 9.53 Å². The lowest BCUT2D eigenvalue weighted by molar-refractivity contribution is -0.142. The van der Waals surface area contributed by atoms with Gasteiger partial charge in [0.2, 0.25) is 0 Å². The minimum atomic E-state index is -0.00556. The first-order chi connectivity index (χ1) is 6.22. The van der Waals surface area contributed by atoms with Gasteiger partial charge in [0, 0.05) is 0 Å². The largest absolute Gasteiger partial charge is 0.469 e. The van der Waals surface area contributed by atoms with Crippen molar-refractivity contribution in [3.63, 3.8) is 0 Å². The van der Waals surface area contributed by atoms with E-state index in [2.05, 4.69) is 13.8 Å². The van der Waals surface area contributed by atoms with Crippen LogP contribution in [0.15, 0.2) is 0 Å². The third-order valence-corrected chi connectivity index (χ3v) is 3.18. The first-order valence-corrected chi connectivity index (χ1v) is 5.30. The number of methoxy groups -OCH3 is 1. The van der Waals surface area contributed by atoms with E-state index in [1.165, 1.54) is 32.8 Å². The molecule has 0 heterocycles. The Morgan fingerprint density at radius 2 is 2.08 bits per heavy atom. The van der Waals surface area contributed by atoms with Gasteiger partial charge in [-0.25, -0.2) is 0 Å². The fourth-order valence-corrected chi connectivity index (χ4v) is 2.14. The summed E-state index contributed by atoms with van der Waals surface area (Å²) in [6, 6.07) is 0. The van der Waals surface area contributed by atoms with Crippen LogP contribution in [0.3, 0.4) is 0 Å². The number of rotatable bonds is 5. The minimum absolute atomic E-state index is 0.00556. The molecule has 3 atom stereocenters. The number of hydrogen-bond donors (Lipinski definition) is 0. The van der Waals surface area contributed by atoms with Gasteiger partial charge in [0.25, 0.3) is 0 Å². The van der Waals surface area contributed by atoms with Crippen molar-refractivity contribution in [2.75, 3.05) is 7.11 Å². The van der Waals surface area contributed by atoms with Crippen LogP contribution < -0.4 is 0 Å². The molecule has 1 fully saturated rings. The average molecular weight is 184 g/mol. The summed E-state index contributed by atoms with van der Waals surface area (Å²) in [5, 5.41) is 0. The Bertz CT molecular complexity index is 177. The maximum Gasteiger partial charge on any atom is 0.309 e. The highest BCUT2D eigenvalue weighted by atomic mass is 16.5. The zero-order chi connectivity index (χ0) is 9.84. The number of carbonyl (C=O) groups is 1. The molecule has 0 aromatic rings. The minimum Gasteiger partial charge on any atom is -0.469 e. The topological polar surface area (TPSA) is 26.3 Å². The van der Waals surface area contributed by atoms with E-state index < -0.39 is 0 Å². The van der Waals surface area contributed by atoms with E-state index in [1.807, 2.05) is 0 Å². The number of hydrogen-bond acceptors (Lipinski definition) is 2. The van der Waals surface area contributed by atoms with Crippen LogP contribution in [0.4, 0.5) is 0 Å². The molecule has 0 amide bonds. The van der Waals surface area contributed by atoms with Gasteiger partial charge in [-0.05, 0) is 18.3 Å². The molecule has 76 valence electrons. The van der Waals surface area contributed by atoms with Crippen molar-refractivity contribution in [1.82, 2.24) is 0 Å². The van der Waals surface area contributed by atoms with Crippen LogP contribution in [0.5, 0.6) is 0 Å². The van der Waals surface area contributed by atoms with Crippen molar-refractivity contribution in [3.05, 3.63) is 0 Å². The Kier molecular flexibility index (Phi) is 3.76. The second-order valence-corrected chi connectivity index (χ2v) is 4.07. The molecule has 0 saturated heterocycles. The summed E-state index contributed by atoms with van der Waals surface area (Å²) >= 11 is 0. The van der Waals surface area contributed by atoms with Gasteiger partial charge in [0.15, 0.2) is 0 Å². The van der Waals surface area contributed by atoms with Crippen molar-refractivity contribution in [2.24, 2.45) is 17.8 Å². The summed E-state index contributed by atoms with van der Waals surface area (Å²) in [6.07, 6.45) is 5.01. The smallest absolute Gasteiger partial charge is 0.309 e. The normalized spacial score (nSPS) is 31.5. The lowest BCUT2D eigenvalue weighted by Crippen LogP contribution is -2.05. The van der Waals surface area contributed by atoms with Crippen molar-refractivity contribution < 1.29 is 9.53 Å². The molecule has 1 aliphatic carbocycles. The van der Waals surface area contributed by atoms with Crippen LogP contribution >= 0.6 is 0 Å². The lowest BCUT2D eigenvalue weighted by Gasteiger charge is -1.97. The van der Waals surface area contributed by atoms with Crippen molar-refractivity contribution >= 4 is 5.97 Å². The van der Waals surface area contributed by atoms with E-state index in [9.17, 15) is 4.79 Å². The maximum atomic E-state index is 11.2. The summed E-state index contributed by atoms with van der Waals surface area (Å²) in [5.74, 6) is 1.37. The second-order valence-electron chi connectivity index (χ2n) is 4.07. The molecule has 0 bridgehead atoms. The molecule has 2 heteroatoms. The fraction of sp³-hybridized carbons (Fsp3) is 0.909. The van der Waals surface area contributed by atoms with Gasteiger partial charge in [-0.3, -0.25) is 4.79 Å². The van der Waals surface area contributed by atoms with Gasteiger partial charge in [-0.15, -0.1) is 0 Å². The van der Waals surface area contributed by atoms with E-state index >= 15 is 0 Å². The molecule has 0 aromatic carbocycles. The van der Waals surface area contributed by atoms with Crippen LogP contribution in [0.1, 0.15) is 39.5 Å². The molecule has 0 spiro atoms. The quantitative estimate of drug-likeness (QED) is 0.485. The molecule has 2 nitrogen and oxygen atoms in total. The summed E-state index contributed by atoms with van der Waals surface area (Å²) < 4.78 is 4.74. The maximum absolute atomic E-state index is 11.2. The zero-order valence-corrected chi connectivity index (χ0v) is 8.88. The SMILES string of the molecule is CCCCC[C@@H]1[C@H](C)[C@H]1C(=O)OC. The first-order valence-electron chi connectivity index (χ1n) is 5.30. The molecule has 0 N–H and O–H groups in total. The van der Waals surface area contributed by atoms with Crippen molar-refractivity contribution in [3.8, 4) is 0 Å². The van der Waals surface area contributed by atoms with Crippen LogP contribution in [0, 0.1) is 17.8 Å². The fourth-order valence-electron chi connectivity index (χ4n) is 2.14. The van der Waals surface area contributed by atoms with E-state index in [0.717, 1.165) is 0 Å². The van der Waals surface area contributed by atoms with E-state index in [4.69, 9.17) is 4.74 Å². The Hall–Kier alpha value is -0.530. The highest BCUT2D eigenvalue weighted by Gasteiger charge is 2.51. The molecule has 0 aromatic heterocycles.